The normalized spacial score (nSPS) is 10.3. The molecule has 2 heteroatoms. The van der Waals surface area contributed by atoms with Gasteiger partial charge in [-0.25, -0.2) is 0 Å². The molecular weight excluding hydrogens is 180 g/mol. The van der Waals surface area contributed by atoms with Gasteiger partial charge in [-0.05, 0) is 24.1 Å². The van der Waals surface area contributed by atoms with Crippen molar-refractivity contribution in [2.24, 2.45) is 0 Å². The minimum atomic E-state index is 0.251. The molecule has 72 valence electrons. The van der Waals surface area contributed by atoms with Crippen LogP contribution in [0.5, 0.6) is 0 Å². The number of aliphatic hydroxyl groups excluding tert-OH is 1. The summed E-state index contributed by atoms with van der Waals surface area (Å²) < 4.78 is 0. The molecule has 0 saturated heterocycles. The topological polar surface area (TPSA) is 20.2 Å². The SMILES string of the molecule is CCCc1ccc(SCCO)cc1. The maximum atomic E-state index is 8.65. The molecule has 0 aliphatic carbocycles. The molecule has 0 amide bonds. The Labute approximate surface area is 84.2 Å². The molecule has 0 aliphatic heterocycles. The fourth-order valence-corrected chi connectivity index (χ4v) is 1.86. The Morgan fingerprint density at radius 3 is 2.46 bits per heavy atom. The summed E-state index contributed by atoms with van der Waals surface area (Å²) >= 11 is 1.70. The van der Waals surface area contributed by atoms with Crippen molar-refractivity contribution in [3.05, 3.63) is 29.8 Å². The van der Waals surface area contributed by atoms with Gasteiger partial charge in [0.15, 0.2) is 0 Å². The minimum absolute atomic E-state index is 0.251. The van der Waals surface area contributed by atoms with E-state index in [0.29, 0.717) is 0 Å². The molecule has 0 unspecified atom stereocenters. The Bertz CT molecular complexity index is 230. The van der Waals surface area contributed by atoms with E-state index in [1.807, 2.05) is 0 Å². The molecule has 0 fully saturated rings. The van der Waals surface area contributed by atoms with E-state index in [1.54, 1.807) is 11.8 Å². The van der Waals surface area contributed by atoms with Crippen LogP contribution in [0.4, 0.5) is 0 Å². The quantitative estimate of drug-likeness (QED) is 0.731. The van der Waals surface area contributed by atoms with Gasteiger partial charge in [-0.1, -0.05) is 25.5 Å². The van der Waals surface area contributed by atoms with Crippen LogP contribution in [-0.4, -0.2) is 17.5 Å². The molecule has 0 saturated carbocycles. The van der Waals surface area contributed by atoms with Crippen molar-refractivity contribution in [1.29, 1.82) is 0 Å². The third kappa shape index (κ3) is 3.83. The van der Waals surface area contributed by atoms with Crippen LogP contribution >= 0.6 is 11.8 Å². The van der Waals surface area contributed by atoms with Crippen LogP contribution in [0, 0.1) is 0 Å². The summed E-state index contributed by atoms with van der Waals surface area (Å²) in [7, 11) is 0. The lowest BCUT2D eigenvalue weighted by atomic mass is 10.1. The first-order chi connectivity index (χ1) is 6.36. The highest BCUT2D eigenvalue weighted by Gasteiger charge is 1.94. The molecule has 1 N–H and O–H groups in total. The van der Waals surface area contributed by atoms with Crippen LogP contribution < -0.4 is 0 Å². The average molecular weight is 196 g/mol. The van der Waals surface area contributed by atoms with Crippen LogP contribution in [0.15, 0.2) is 29.2 Å². The lowest BCUT2D eigenvalue weighted by Gasteiger charge is -2.01. The monoisotopic (exact) mass is 196 g/mol. The van der Waals surface area contributed by atoms with Gasteiger partial charge in [0.1, 0.15) is 0 Å². The number of aliphatic hydroxyl groups is 1. The maximum Gasteiger partial charge on any atom is 0.0525 e. The van der Waals surface area contributed by atoms with Gasteiger partial charge in [0, 0.05) is 10.6 Å². The van der Waals surface area contributed by atoms with E-state index in [9.17, 15) is 0 Å². The smallest absolute Gasteiger partial charge is 0.0525 e. The first-order valence-electron chi connectivity index (χ1n) is 4.69. The molecule has 0 atom stereocenters. The molecule has 13 heavy (non-hydrogen) atoms. The largest absolute Gasteiger partial charge is 0.396 e. The molecule has 0 radical (unpaired) electrons. The zero-order chi connectivity index (χ0) is 9.52. The van der Waals surface area contributed by atoms with E-state index in [1.165, 1.54) is 16.9 Å². The second kappa shape index (κ2) is 6.06. The van der Waals surface area contributed by atoms with Crippen molar-refractivity contribution in [3.63, 3.8) is 0 Å². The molecular formula is C11H16OS. The van der Waals surface area contributed by atoms with Crippen molar-refractivity contribution < 1.29 is 5.11 Å². The van der Waals surface area contributed by atoms with Gasteiger partial charge in [-0.2, -0.15) is 0 Å². The van der Waals surface area contributed by atoms with Crippen molar-refractivity contribution in [2.45, 2.75) is 24.7 Å². The lowest BCUT2D eigenvalue weighted by Crippen LogP contribution is -1.86. The van der Waals surface area contributed by atoms with E-state index >= 15 is 0 Å². The van der Waals surface area contributed by atoms with E-state index in [2.05, 4.69) is 31.2 Å². The number of rotatable bonds is 5. The summed E-state index contributed by atoms with van der Waals surface area (Å²) in [5.74, 6) is 0.785. The summed E-state index contributed by atoms with van der Waals surface area (Å²) in [6, 6.07) is 8.60. The first-order valence-corrected chi connectivity index (χ1v) is 5.68. The van der Waals surface area contributed by atoms with E-state index in [0.717, 1.165) is 12.2 Å². The van der Waals surface area contributed by atoms with Gasteiger partial charge in [-0.3, -0.25) is 0 Å². The predicted octanol–water partition coefficient (Wildman–Crippen LogP) is 2.72. The third-order valence-corrected chi connectivity index (χ3v) is 2.81. The number of hydrogen-bond donors (Lipinski definition) is 1. The van der Waals surface area contributed by atoms with Gasteiger partial charge < -0.3 is 5.11 Å². The summed E-state index contributed by atoms with van der Waals surface area (Å²) in [5, 5.41) is 8.65. The fourth-order valence-electron chi connectivity index (χ4n) is 1.20. The van der Waals surface area contributed by atoms with Gasteiger partial charge in [0.2, 0.25) is 0 Å². The number of hydrogen-bond acceptors (Lipinski definition) is 2. The van der Waals surface area contributed by atoms with Crippen molar-refractivity contribution in [1.82, 2.24) is 0 Å². The molecule has 0 bridgehead atoms. The molecule has 1 aromatic carbocycles. The molecule has 1 rings (SSSR count). The number of thioether (sulfide) groups is 1. The van der Waals surface area contributed by atoms with Crippen molar-refractivity contribution in [3.8, 4) is 0 Å². The van der Waals surface area contributed by atoms with E-state index in [-0.39, 0.29) is 6.61 Å². The lowest BCUT2D eigenvalue weighted by molar-refractivity contribution is 0.322. The summed E-state index contributed by atoms with van der Waals surface area (Å²) in [5.41, 5.74) is 1.40. The maximum absolute atomic E-state index is 8.65. The first kappa shape index (κ1) is 10.6. The summed E-state index contributed by atoms with van der Waals surface area (Å²) in [6.45, 7) is 2.44. The Kier molecular flexibility index (Phi) is 4.94. The van der Waals surface area contributed by atoms with Gasteiger partial charge in [0.05, 0.1) is 6.61 Å². The van der Waals surface area contributed by atoms with Crippen LogP contribution in [-0.2, 0) is 6.42 Å². The van der Waals surface area contributed by atoms with Crippen LogP contribution in [0.3, 0.4) is 0 Å². The second-order valence-electron chi connectivity index (χ2n) is 2.97. The van der Waals surface area contributed by atoms with E-state index < -0.39 is 0 Å². The van der Waals surface area contributed by atoms with Gasteiger partial charge >= 0.3 is 0 Å². The van der Waals surface area contributed by atoms with Crippen molar-refractivity contribution >= 4 is 11.8 Å². The highest BCUT2D eigenvalue weighted by molar-refractivity contribution is 7.99. The van der Waals surface area contributed by atoms with Crippen LogP contribution in [0.25, 0.3) is 0 Å². The molecule has 1 aromatic rings. The van der Waals surface area contributed by atoms with Crippen molar-refractivity contribution in [2.75, 3.05) is 12.4 Å². The molecule has 0 aromatic heterocycles. The zero-order valence-corrected chi connectivity index (χ0v) is 8.81. The third-order valence-electron chi connectivity index (χ3n) is 1.82. The standard InChI is InChI=1S/C11H16OS/c1-2-3-10-4-6-11(7-5-10)13-9-8-12/h4-7,12H,2-3,8-9H2,1H3. The molecule has 1 nitrogen and oxygen atoms in total. The Hall–Kier alpha value is -0.470. The molecule has 0 heterocycles. The predicted molar refractivity (Wildman–Crippen MR) is 58.2 cm³/mol. The second-order valence-corrected chi connectivity index (χ2v) is 4.13. The highest BCUT2D eigenvalue weighted by atomic mass is 32.2. The highest BCUT2D eigenvalue weighted by Crippen LogP contribution is 2.18. The Morgan fingerprint density at radius 2 is 1.92 bits per heavy atom. The Morgan fingerprint density at radius 1 is 1.23 bits per heavy atom. The van der Waals surface area contributed by atoms with Gasteiger partial charge in [-0.15, -0.1) is 11.8 Å². The van der Waals surface area contributed by atoms with Crippen LogP contribution in [0.2, 0.25) is 0 Å². The minimum Gasteiger partial charge on any atom is -0.396 e. The van der Waals surface area contributed by atoms with E-state index in [4.69, 9.17) is 5.11 Å². The number of benzene rings is 1. The Balaban J connectivity index is 2.48. The van der Waals surface area contributed by atoms with Crippen LogP contribution in [0.1, 0.15) is 18.9 Å². The van der Waals surface area contributed by atoms with Gasteiger partial charge in [0.25, 0.3) is 0 Å². The number of aryl methyl sites for hydroxylation is 1. The summed E-state index contributed by atoms with van der Waals surface area (Å²) in [4.78, 5) is 1.24. The molecule has 0 aliphatic rings. The average Bonchev–Trinajstić information content (AvgIpc) is 2.17. The fraction of sp³-hybridized carbons (Fsp3) is 0.455. The summed E-state index contributed by atoms with van der Waals surface area (Å²) in [6.07, 6.45) is 2.36. The zero-order valence-electron chi connectivity index (χ0n) is 7.99. The molecule has 0 spiro atoms.